The molecule has 1 fully saturated rings. The molecule has 0 spiro atoms. The molecule has 174 valence electrons. The van der Waals surface area contributed by atoms with E-state index >= 15 is 0 Å². The molecule has 1 aliphatic heterocycles. The van der Waals surface area contributed by atoms with Crippen molar-refractivity contribution in [2.24, 2.45) is 5.92 Å². The lowest BCUT2D eigenvalue weighted by atomic mass is 9.95. The van der Waals surface area contributed by atoms with Crippen LogP contribution in [0.5, 0.6) is 0 Å². The maximum absolute atomic E-state index is 12.7. The monoisotopic (exact) mass is 474 g/mol. The Balaban J connectivity index is 1.32. The van der Waals surface area contributed by atoms with E-state index in [0.717, 1.165) is 11.4 Å². The maximum atomic E-state index is 12.7. The van der Waals surface area contributed by atoms with Crippen LogP contribution in [-0.4, -0.2) is 40.7 Å². The van der Waals surface area contributed by atoms with Gasteiger partial charge in [0.25, 0.3) is 0 Å². The highest BCUT2D eigenvalue weighted by atomic mass is 32.1. The second-order valence-electron chi connectivity index (χ2n) is 8.03. The summed E-state index contributed by atoms with van der Waals surface area (Å²) in [6.45, 7) is 2.56. The van der Waals surface area contributed by atoms with Crippen molar-refractivity contribution in [2.75, 3.05) is 23.3 Å². The number of amides is 3. The van der Waals surface area contributed by atoms with Crippen LogP contribution < -0.4 is 10.2 Å². The van der Waals surface area contributed by atoms with Crippen LogP contribution in [-0.2, 0) is 14.4 Å². The highest BCUT2D eigenvalue weighted by molar-refractivity contribution is 7.14. The van der Waals surface area contributed by atoms with E-state index in [9.17, 15) is 14.4 Å². The number of piperidine rings is 1. The van der Waals surface area contributed by atoms with Crippen molar-refractivity contribution < 1.29 is 14.4 Å². The molecule has 1 aromatic heterocycles. The number of hydrogen-bond acceptors (Lipinski definition) is 5. The Labute approximate surface area is 202 Å². The van der Waals surface area contributed by atoms with Crippen molar-refractivity contribution in [1.82, 2.24) is 9.88 Å². The lowest BCUT2D eigenvalue weighted by molar-refractivity contribution is -0.130. The second-order valence-corrected chi connectivity index (χ2v) is 8.87. The predicted molar refractivity (Wildman–Crippen MR) is 135 cm³/mol. The Morgan fingerprint density at radius 2 is 1.68 bits per heavy atom. The Morgan fingerprint density at radius 3 is 2.32 bits per heavy atom. The molecule has 3 aromatic rings. The zero-order valence-corrected chi connectivity index (χ0v) is 19.7. The number of benzene rings is 2. The van der Waals surface area contributed by atoms with Gasteiger partial charge in [-0.2, -0.15) is 0 Å². The molecule has 8 heteroatoms. The molecule has 1 aliphatic rings. The summed E-state index contributed by atoms with van der Waals surface area (Å²) < 4.78 is 0. The molecule has 3 amide bonds. The van der Waals surface area contributed by atoms with Gasteiger partial charge in [-0.1, -0.05) is 36.4 Å². The number of hydrogen-bond donors (Lipinski definition) is 1. The normalized spacial score (nSPS) is 14.2. The molecule has 0 bridgehead atoms. The number of carbonyl (C=O) groups excluding carboxylic acids is 3. The summed E-state index contributed by atoms with van der Waals surface area (Å²) >= 11 is 1.35. The van der Waals surface area contributed by atoms with E-state index in [1.807, 2.05) is 66.0 Å². The minimum atomic E-state index is -0.133. The lowest BCUT2D eigenvalue weighted by Gasteiger charge is -2.30. The number of para-hydroxylation sites is 2. The Kier molecular flexibility index (Phi) is 7.49. The molecule has 0 aliphatic carbocycles. The number of likely N-dealkylation sites (tertiary alicyclic amines) is 1. The molecule has 4 rings (SSSR count). The summed E-state index contributed by atoms with van der Waals surface area (Å²) in [4.78, 5) is 45.2. The van der Waals surface area contributed by atoms with Crippen LogP contribution in [0.4, 0.5) is 16.5 Å². The van der Waals surface area contributed by atoms with Crippen LogP contribution in [0.25, 0.3) is 6.08 Å². The number of rotatable bonds is 6. The SMILES string of the molecule is CC(=O)N(c1ccccc1)c1nc(C=CC(=O)N2CCC(C(=O)Nc3ccccc3)CC2)cs1. The lowest BCUT2D eigenvalue weighted by Crippen LogP contribution is -2.40. The number of nitrogens with zero attached hydrogens (tertiary/aromatic N) is 3. The van der Waals surface area contributed by atoms with Gasteiger partial charge in [-0.15, -0.1) is 11.3 Å². The largest absolute Gasteiger partial charge is 0.339 e. The number of thiazole rings is 1. The number of anilines is 3. The van der Waals surface area contributed by atoms with Crippen molar-refractivity contribution >= 4 is 51.6 Å². The molecule has 7 nitrogen and oxygen atoms in total. The first-order chi connectivity index (χ1) is 16.5. The molecule has 0 radical (unpaired) electrons. The van der Waals surface area contributed by atoms with Crippen LogP contribution in [0.1, 0.15) is 25.5 Å². The minimum absolute atomic E-state index is 0.00251. The van der Waals surface area contributed by atoms with Crippen molar-refractivity contribution in [3.05, 3.63) is 77.8 Å². The Hall–Kier alpha value is -3.78. The van der Waals surface area contributed by atoms with Gasteiger partial charge in [0.15, 0.2) is 5.13 Å². The number of aromatic nitrogens is 1. The fourth-order valence-corrected chi connectivity index (χ4v) is 4.70. The van der Waals surface area contributed by atoms with Crippen LogP contribution >= 0.6 is 11.3 Å². The fourth-order valence-electron chi connectivity index (χ4n) is 3.85. The van der Waals surface area contributed by atoms with Crippen molar-refractivity contribution in [2.45, 2.75) is 19.8 Å². The van der Waals surface area contributed by atoms with Gasteiger partial charge >= 0.3 is 0 Å². The summed E-state index contributed by atoms with van der Waals surface area (Å²) in [5.74, 6) is -0.351. The molecule has 2 aromatic carbocycles. The van der Waals surface area contributed by atoms with E-state index in [0.29, 0.717) is 36.8 Å². The van der Waals surface area contributed by atoms with E-state index in [-0.39, 0.29) is 23.6 Å². The van der Waals surface area contributed by atoms with Gasteiger partial charge in [0.05, 0.1) is 11.4 Å². The van der Waals surface area contributed by atoms with Gasteiger partial charge in [0.2, 0.25) is 17.7 Å². The van der Waals surface area contributed by atoms with Crippen molar-refractivity contribution in [3.63, 3.8) is 0 Å². The average molecular weight is 475 g/mol. The molecule has 0 unspecified atom stereocenters. The smallest absolute Gasteiger partial charge is 0.246 e. The van der Waals surface area contributed by atoms with Gasteiger partial charge in [0, 0.05) is 43.1 Å². The van der Waals surface area contributed by atoms with Crippen LogP contribution in [0.2, 0.25) is 0 Å². The summed E-state index contributed by atoms with van der Waals surface area (Å²) in [6, 6.07) is 18.7. The van der Waals surface area contributed by atoms with Crippen molar-refractivity contribution in [3.8, 4) is 0 Å². The van der Waals surface area contributed by atoms with Gasteiger partial charge in [-0.3, -0.25) is 19.3 Å². The van der Waals surface area contributed by atoms with Crippen LogP contribution in [0.15, 0.2) is 72.1 Å². The molecule has 0 atom stereocenters. The molecular formula is C26H26N4O3S. The highest BCUT2D eigenvalue weighted by Crippen LogP contribution is 2.29. The van der Waals surface area contributed by atoms with E-state index in [4.69, 9.17) is 0 Å². The topological polar surface area (TPSA) is 82.6 Å². The Morgan fingerprint density at radius 1 is 1.03 bits per heavy atom. The summed E-state index contributed by atoms with van der Waals surface area (Å²) in [5.41, 5.74) is 2.15. The Bertz CT molecular complexity index is 1170. The van der Waals surface area contributed by atoms with E-state index in [1.165, 1.54) is 24.3 Å². The van der Waals surface area contributed by atoms with Crippen molar-refractivity contribution in [1.29, 1.82) is 0 Å². The number of nitrogens with one attached hydrogen (secondary N) is 1. The van der Waals surface area contributed by atoms with Crippen LogP contribution in [0, 0.1) is 5.92 Å². The molecular weight excluding hydrogens is 448 g/mol. The van der Waals surface area contributed by atoms with Gasteiger partial charge in [0.1, 0.15) is 0 Å². The zero-order valence-electron chi connectivity index (χ0n) is 18.9. The molecule has 0 saturated carbocycles. The van der Waals surface area contributed by atoms with Crippen LogP contribution in [0.3, 0.4) is 0 Å². The van der Waals surface area contributed by atoms with E-state index in [2.05, 4.69) is 10.3 Å². The first-order valence-corrected chi connectivity index (χ1v) is 12.0. The molecule has 2 heterocycles. The predicted octanol–water partition coefficient (Wildman–Crippen LogP) is 4.72. The zero-order chi connectivity index (χ0) is 23.9. The maximum Gasteiger partial charge on any atom is 0.246 e. The van der Waals surface area contributed by atoms with Gasteiger partial charge < -0.3 is 10.2 Å². The minimum Gasteiger partial charge on any atom is -0.339 e. The third-order valence-electron chi connectivity index (χ3n) is 5.65. The molecule has 1 saturated heterocycles. The standard InChI is InChI=1S/C26H26N4O3S/c1-19(31)30(23-10-6-3-7-11-23)26-28-22(18-34-26)12-13-24(32)29-16-14-20(15-17-29)25(33)27-21-8-4-2-5-9-21/h2-13,18,20H,14-17H2,1H3,(H,27,33). The first-order valence-electron chi connectivity index (χ1n) is 11.2. The summed E-state index contributed by atoms with van der Waals surface area (Å²) in [5, 5.41) is 5.31. The second kappa shape index (κ2) is 10.9. The average Bonchev–Trinajstić information content (AvgIpc) is 3.32. The van der Waals surface area contributed by atoms with E-state index < -0.39 is 0 Å². The third kappa shape index (κ3) is 5.77. The van der Waals surface area contributed by atoms with Gasteiger partial charge in [-0.25, -0.2) is 4.98 Å². The van der Waals surface area contributed by atoms with E-state index in [1.54, 1.807) is 15.9 Å². The highest BCUT2D eigenvalue weighted by Gasteiger charge is 2.26. The molecule has 34 heavy (non-hydrogen) atoms. The number of carbonyl (C=O) groups is 3. The third-order valence-corrected chi connectivity index (χ3v) is 6.49. The molecule has 1 N–H and O–H groups in total. The fraction of sp³-hybridized carbons (Fsp3) is 0.231. The summed E-state index contributed by atoms with van der Waals surface area (Å²) in [7, 11) is 0. The quantitative estimate of drug-likeness (QED) is 0.524. The first kappa shape index (κ1) is 23.4. The summed E-state index contributed by atoms with van der Waals surface area (Å²) in [6.07, 6.45) is 4.43. The van der Waals surface area contributed by atoms with Gasteiger partial charge in [-0.05, 0) is 43.2 Å².